The number of likely N-dealkylation sites (N-methyl/N-ethyl adjacent to an activating group) is 1. The number of hydrogen-bond donors (Lipinski definition) is 4. The van der Waals surface area contributed by atoms with Crippen LogP contribution in [0.4, 0.5) is 16.3 Å². The molecule has 4 N–H and O–H groups in total. The van der Waals surface area contributed by atoms with Gasteiger partial charge in [-0.3, -0.25) is 14.7 Å². The first-order chi connectivity index (χ1) is 19.2. The number of benzene rings is 2. The van der Waals surface area contributed by atoms with E-state index in [1.165, 1.54) is 6.08 Å². The molecule has 0 unspecified atom stereocenters. The largest absolute Gasteiger partial charge is 0.330 e. The molecular formula is C30H37N7O3. The van der Waals surface area contributed by atoms with Gasteiger partial charge in [-0.25, -0.2) is 4.79 Å². The summed E-state index contributed by atoms with van der Waals surface area (Å²) in [7, 11) is 3.96. The summed E-state index contributed by atoms with van der Waals surface area (Å²) in [6.45, 7) is 6.85. The fraction of sp³-hybridized carbons (Fsp3) is 0.333. The van der Waals surface area contributed by atoms with Crippen LogP contribution in [0.2, 0.25) is 0 Å². The SMILES string of the molecule is C/C=C/C(=O)Nc1ccc(C(=O)Nc2n[nH]c3c2CN(C(=O)N[C@H](CN(C)C)c2ccccc2)[C@H]3C(C)C)cc1. The molecule has 2 aromatic carbocycles. The third-order valence-corrected chi connectivity index (χ3v) is 6.76. The minimum absolute atomic E-state index is 0.116. The molecule has 0 saturated heterocycles. The second-order valence-corrected chi connectivity index (χ2v) is 10.5. The van der Waals surface area contributed by atoms with Gasteiger partial charge in [0.25, 0.3) is 5.91 Å². The smallest absolute Gasteiger partial charge is 0.318 e. The van der Waals surface area contributed by atoms with Crippen LogP contribution >= 0.6 is 0 Å². The number of aromatic amines is 1. The summed E-state index contributed by atoms with van der Waals surface area (Å²) >= 11 is 0. The number of fused-ring (bicyclic) bond motifs is 1. The van der Waals surface area contributed by atoms with Crippen molar-refractivity contribution in [3.63, 3.8) is 0 Å². The number of nitrogens with zero attached hydrogens (tertiary/aromatic N) is 3. The summed E-state index contributed by atoms with van der Waals surface area (Å²) in [5.41, 5.74) is 3.66. The summed E-state index contributed by atoms with van der Waals surface area (Å²) in [4.78, 5) is 42.3. The lowest BCUT2D eigenvalue weighted by molar-refractivity contribution is -0.111. The van der Waals surface area contributed by atoms with Gasteiger partial charge in [-0.1, -0.05) is 50.3 Å². The maximum Gasteiger partial charge on any atom is 0.318 e. The number of anilines is 2. The average Bonchev–Trinajstić information content (AvgIpc) is 3.49. The fourth-order valence-electron chi connectivity index (χ4n) is 4.94. The summed E-state index contributed by atoms with van der Waals surface area (Å²) in [6, 6.07) is 16.0. The van der Waals surface area contributed by atoms with E-state index < -0.39 is 0 Å². The number of aromatic nitrogens is 2. The summed E-state index contributed by atoms with van der Waals surface area (Å²) in [5.74, 6) is -0.0544. The van der Waals surface area contributed by atoms with Gasteiger partial charge in [0, 0.05) is 23.4 Å². The quantitative estimate of drug-likeness (QED) is 0.292. The molecule has 0 aliphatic carbocycles. The second kappa shape index (κ2) is 12.6. The highest BCUT2D eigenvalue weighted by Crippen LogP contribution is 2.40. The fourth-order valence-corrected chi connectivity index (χ4v) is 4.94. The van der Waals surface area contributed by atoms with E-state index in [0.717, 1.165) is 16.8 Å². The number of carbonyl (C=O) groups excluding carboxylic acids is 3. The van der Waals surface area contributed by atoms with Gasteiger partial charge in [0.2, 0.25) is 5.91 Å². The van der Waals surface area contributed by atoms with E-state index in [0.29, 0.717) is 30.2 Å². The van der Waals surface area contributed by atoms with Crippen LogP contribution in [0.5, 0.6) is 0 Å². The Morgan fingerprint density at radius 1 is 1.07 bits per heavy atom. The van der Waals surface area contributed by atoms with E-state index in [4.69, 9.17) is 0 Å². The van der Waals surface area contributed by atoms with Crippen molar-refractivity contribution in [2.45, 2.75) is 39.4 Å². The molecule has 0 bridgehead atoms. The van der Waals surface area contributed by atoms with Gasteiger partial charge in [-0.2, -0.15) is 5.10 Å². The third-order valence-electron chi connectivity index (χ3n) is 6.76. The molecule has 1 aliphatic rings. The molecule has 0 spiro atoms. The molecule has 3 aromatic rings. The maximum absolute atomic E-state index is 13.6. The van der Waals surface area contributed by atoms with Crippen LogP contribution in [0.15, 0.2) is 66.7 Å². The number of hydrogen-bond acceptors (Lipinski definition) is 5. The molecule has 210 valence electrons. The second-order valence-electron chi connectivity index (χ2n) is 10.5. The van der Waals surface area contributed by atoms with E-state index in [9.17, 15) is 14.4 Å². The van der Waals surface area contributed by atoms with Crippen molar-refractivity contribution < 1.29 is 14.4 Å². The van der Waals surface area contributed by atoms with E-state index >= 15 is 0 Å². The normalized spacial score (nSPS) is 15.4. The van der Waals surface area contributed by atoms with E-state index in [2.05, 4.69) is 40.0 Å². The van der Waals surface area contributed by atoms with Gasteiger partial charge in [0.15, 0.2) is 5.82 Å². The Morgan fingerprint density at radius 2 is 1.77 bits per heavy atom. The van der Waals surface area contributed by atoms with Crippen LogP contribution in [-0.4, -0.2) is 58.5 Å². The number of urea groups is 1. The summed E-state index contributed by atoms with van der Waals surface area (Å²) < 4.78 is 0. The number of rotatable bonds is 9. The number of allylic oxidation sites excluding steroid dienone is 1. The Bertz CT molecular complexity index is 1360. The maximum atomic E-state index is 13.6. The van der Waals surface area contributed by atoms with Crippen LogP contribution in [0.1, 0.15) is 60.0 Å². The number of H-pyrrole nitrogens is 1. The van der Waals surface area contributed by atoms with Crippen molar-refractivity contribution in [2.24, 2.45) is 5.92 Å². The van der Waals surface area contributed by atoms with Crippen LogP contribution in [0.25, 0.3) is 0 Å². The van der Waals surface area contributed by atoms with Crippen LogP contribution in [0.3, 0.4) is 0 Å². The Morgan fingerprint density at radius 3 is 2.40 bits per heavy atom. The number of amides is 4. The molecule has 2 atom stereocenters. The van der Waals surface area contributed by atoms with Gasteiger partial charge >= 0.3 is 6.03 Å². The number of nitrogens with one attached hydrogen (secondary N) is 4. The van der Waals surface area contributed by atoms with Crippen molar-refractivity contribution >= 4 is 29.4 Å². The first kappa shape index (κ1) is 28.6. The Balaban J connectivity index is 1.49. The topological polar surface area (TPSA) is 122 Å². The molecule has 40 heavy (non-hydrogen) atoms. The standard InChI is InChI=1S/C30H37N7O3/c1-6-10-25(38)31-22-15-13-21(14-16-22)29(39)33-28-23-17-37(27(19(2)3)26(23)34-35-28)30(40)32-24(18-36(4)5)20-11-8-7-9-12-20/h6-16,19,24,27H,17-18H2,1-5H3,(H,31,38)(H,32,40)(H2,33,34,35,39)/b10-6+/t24-,27+/m1/s1. The molecule has 10 nitrogen and oxygen atoms in total. The van der Waals surface area contributed by atoms with Gasteiger partial charge < -0.3 is 25.8 Å². The molecular weight excluding hydrogens is 506 g/mol. The molecule has 10 heteroatoms. The highest BCUT2D eigenvalue weighted by atomic mass is 16.2. The zero-order valence-electron chi connectivity index (χ0n) is 23.6. The molecule has 0 saturated carbocycles. The lowest BCUT2D eigenvalue weighted by Crippen LogP contribution is -2.44. The first-order valence-electron chi connectivity index (χ1n) is 13.4. The van der Waals surface area contributed by atoms with Gasteiger partial charge in [0.05, 0.1) is 24.3 Å². The Kier molecular flexibility index (Phi) is 9.00. The van der Waals surface area contributed by atoms with Crippen LogP contribution in [-0.2, 0) is 11.3 Å². The molecule has 1 aliphatic heterocycles. The Hall–Kier alpha value is -4.44. The molecule has 4 rings (SSSR count). The van der Waals surface area contributed by atoms with Gasteiger partial charge in [-0.05, 0) is 62.8 Å². The van der Waals surface area contributed by atoms with E-state index in [-0.39, 0.29) is 35.8 Å². The monoisotopic (exact) mass is 543 g/mol. The van der Waals surface area contributed by atoms with Crippen molar-refractivity contribution in [1.29, 1.82) is 0 Å². The van der Waals surface area contributed by atoms with Crippen LogP contribution < -0.4 is 16.0 Å². The molecule has 1 aromatic heterocycles. The Labute approximate surface area is 234 Å². The third kappa shape index (κ3) is 6.58. The lowest BCUT2D eigenvalue weighted by Gasteiger charge is -2.31. The number of carbonyl (C=O) groups is 3. The molecule has 0 radical (unpaired) electrons. The lowest BCUT2D eigenvalue weighted by atomic mass is 10.0. The van der Waals surface area contributed by atoms with E-state index in [1.54, 1.807) is 42.2 Å². The molecule has 2 heterocycles. The average molecular weight is 544 g/mol. The van der Waals surface area contributed by atoms with Crippen molar-refractivity contribution in [3.05, 3.63) is 89.1 Å². The van der Waals surface area contributed by atoms with Crippen molar-refractivity contribution in [1.82, 2.24) is 25.3 Å². The summed E-state index contributed by atoms with van der Waals surface area (Å²) in [6.07, 6.45) is 3.08. The van der Waals surface area contributed by atoms with E-state index in [1.807, 2.05) is 49.3 Å². The zero-order chi connectivity index (χ0) is 28.8. The molecule has 0 fully saturated rings. The van der Waals surface area contributed by atoms with Gasteiger partial charge in [-0.15, -0.1) is 0 Å². The zero-order valence-corrected chi connectivity index (χ0v) is 23.6. The van der Waals surface area contributed by atoms with Crippen LogP contribution in [0, 0.1) is 5.92 Å². The van der Waals surface area contributed by atoms with Gasteiger partial charge in [0.1, 0.15) is 0 Å². The minimum Gasteiger partial charge on any atom is -0.330 e. The summed E-state index contributed by atoms with van der Waals surface area (Å²) in [5, 5.41) is 16.3. The van der Waals surface area contributed by atoms with Crippen molar-refractivity contribution in [3.8, 4) is 0 Å². The highest BCUT2D eigenvalue weighted by Gasteiger charge is 2.40. The molecule has 4 amide bonds. The minimum atomic E-state index is -0.334. The predicted molar refractivity (Wildman–Crippen MR) is 156 cm³/mol. The predicted octanol–water partition coefficient (Wildman–Crippen LogP) is 4.70. The first-order valence-corrected chi connectivity index (χ1v) is 13.4. The van der Waals surface area contributed by atoms with Crippen molar-refractivity contribution in [2.75, 3.05) is 31.3 Å². The highest BCUT2D eigenvalue weighted by molar-refractivity contribution is 6.05.